The van der Waals surface area contributed by atoms with Crippen LogP contribution in [0.5, 0.6) is 5.88 Å². The van der Waals surface area contributed by atoms with E-state index in [4.69, 9.17) is 14.0 Å². The normalized spacial score (nSPS) is 10.6. The number of benzene rings is 1. The second-order valence-corrected chi connectivity index (χ2v) is 5.85. The average Bonchev–Trinajstić information content (AvgIpc) is 3.08. The predicted octanol–water partition coefficient (Wildman–Crippen LogP) is 3.00. The number of pyridine rings is 1. The Morgan fingerprint density at radius 3 is 2.70 bits per heavy atom. The van der Waals surface area contributed by atoms with E-state index in [1.54, 1.807) is 19.2 Å². The van der Waals surface area contributed by atoms with Crippen LogP contribution in [0.25, 0.3) is 11.3 Å². The molecule has 0 aliphatic rings. The molecule has 0 saturated carbocycles. The van der Waals surface area contributed by atoms with Gasteiger partial charge in [-0.15, -0.1) is 0 Å². The zero-order valence-corrected chi connectivity index (χ0v) is 15.3. The summed E-state index contributed by atoms with van der Waals surface area (Å²) in [5.74, 6) is 0.915. The standard InChI is InChI=1S/C20H21N3O4/c1-14-17(19(23-27-14)15-6-4-3-5-7-15)13-26-18-9-8-16(12-22-18)20(24)21-10-11-25-2/h3-9,12H,10-11,13H2,1-2H3,(H,21,24). The minimum Gasteiger partial charge on any atom is -0.473 e. The Kier molecular flexibility index (Phi) is 6.17. The third-order valence-corrected chi connectivity index (χ3v) is 3.99. The molecule has 3 aromatic rings. The third kappa shape index (κ3) is 4.71. The Bertz CT molecular complexity index is 876. The summed E-state index contributed by atoms with van der Waals surface area (Å²) in [6.45, 7) is 3.02. The lowest BCUT2D eigenvalue weighted by molar-refractivity contribution is 0.0936. The molecule has 0 bridgehead atoms. The van der Waals surface area contributed by atoms with Crippen LogP contribution in [0.15, 0.2) is 53.2 Å². The number of carbonyl (C=O) groups is 1. The van der Waals surface area contributed by atoms with Gasteiger partial charge in [-0.1, -0.05) is 35.5 Å². The summed E-state index contributed by atoms with van der Waals surface area (Å²) in [6, 6.07) is 13.1. The lowest BCUT2D eigenvalue weighted by Gasteiger charge is -2.07. The molecule has 7 heteroatoms. The molecule has 0 spiro atoms. The van der Waals surface area contributed by atoms with E-state index in [1.165, 1.54) is 6.20 Å². The van der Waals surface area contributed by atoms with E-state index in [9.17, 15) is 4.79 Å². The summed E-state index contributed by atoms with van der Waals surface area (Å²) >= 11 is 0. The van der Waals surface area contributed by atoms with Crippen LogP contribution in [-0.2, 0) is 11.3 Å². The van der Waals surface area contributed by atoms with Crippen molar-refractivity contribution < 1.29 is 18.8 Å². The number of aromatic nitrogens is 2. The molecule has 2 heterocycles. The topological polar surface area (TPSA) is 86.5 Å². The minimum atomic E-state index is -0.202. The molecule has 1 N–H and O–H groups in total. The van der Waals surface area contributed by atoms with Crippen LogP contribution in [0.3, 0.4) is 0 Å². The summed E-state index contributed by atoms with van der Waals surface area (Å²) in [5.41, 5.74) is 3.04. The van der Waals surface area contributed by atoms with E-state index in [2.05, 4.69) is 15.5 Å². The molecule has 27 heavy (non-hydrogen) atoms. The van der Waals surface area contributed by atoms with Crippen molar-refractivity contribution in [2.45, 2.75) is 13.5 Å². The summed E-state index contributed by atoms with van der Waals surface area (Å²) in [4.78, 5) is 16.1. The van der Waals surface area contributed by atoms with E-state index in [0.29, 0.717) is 30.4 Å². The first-order valence-corrected chi connectivity index (χ1v) is 8.55. The van der Waals surface area contributed by atoms with Crippen LogP contribution in [0, 0.1) is 6.92 Å². The summed E-state index contributed by atoms with van der Waals surface area (Å²) in [6.07, 6.45) is 1.48. The molecule has 0 unspecified atom stereocenters. The van der Waals surface area contributed by atoms with Gasteiger partial charge in [-0.2, -0.15) is 0 Å². The monoisotopic (exact) mass is 367 g/mol. The fourth-order valence-electron chi connectivity index (χ4n) is 2.50. The van der Waals surface area contributed by atoms with Crippen molar-refractivity contribution in [3.05, 3.63) is 65.5 Å². The molecule has 1 aromatic carbocycles. The van der Waals surface area contributed by atoms with Gasteiger partial charge in [0.2, 0.25) is 5.88 Å². The third-order valence-electron chi connectivity index (χ3n) is 3.99. The van der Waals surface area contributed by atoms with Gasteiger partial charge in [0, 0.05) is 31.5 Å². The second kappa shape index (κ2) is 8.95. The number of aryl methyl sites for hydroxylation is 1. The van der Waals surface area contributed by atoms with Gasteiger partial charge in [0.25, 0.3) is 5.91 Å². The van der Waals surface area contributed by atoms with E-state index >= 15 is 0 Å². The van der Waals surface area contributed by atoms with Gasteiger partial charge in [0.05, 0.1) is 17.7 Å². The molecule has 0 aliphatic carbocycles. The maximum absolute atomic E-state index is 12.0. The predicted molar refractivity (Wildman–Crippen MR) is 99.5 cm³/mol. The Balaban J connectivity index is 1.64. The number of nitrogens with one attached hydrogen (secondary N) is 1. The summed E-state index contributed by atoms with van der Waals surface area (Å²) in [5, 5.41) is 6.87. The van der Waals surface area contributed by atoms with E-state index in [-0.39, 0.29) is 12.5 Å². The van der Waals surface area contributed by atoms with Crippen LogP contribution in [0.4, 0.5) is 0 Å². The molecular formula is C20H21N3O4. The van der Waals surface area contributed by atoms with Gasteiger partial charge in [-0.05, 0) is 13.0 Å². The summed E-state index contributed by atoms with van der Waals surface area (Å²) < 4.78 is 16.0. The van der Waals surface area contributed by atoms with Crippen molar-refractivity contribution in [2.24, 2.45) is 0 Å². The molecule has 0 saturated heterocycles. The first kappa shape index (κ1) is 18.6. The lowest BCUT2D eigenvalue weighted by atomic mass is 10.1. The number of hydrogen-bond acceptors (Lipinski definition) is 6. The van der Waals surface area contributed by atoms with Crippen LogP contribution in [0.1, 0.15) is 21.7 Å². The van der Waals surface area contributed by atoms with Gasteiger partial charge < -0.3 is 19.3 Å². The fraction of sp³-hybridized carbons (Fsp3) is 0.250. The van der Waals surface area contributed by atoms with Crippen molar-refractivity contribution in [1.82, 2.24) is 15.5 Å². The smallest absolute Gasteiger partial charge is 0.252 e. The lowest BCUT2D eigenvalue weighted by Crippen LogP contribution is -2.26. The maximum atomic E-state index is 12.0. The molecule has 0 fully saturated rings. The molecule has 140 valence electrons. The number of hydrogen-bond donors (Lipinski definition) is 1. The van der Waals surface area contributed by atoms with E-state index in [0.717, 1.165) is 16.8 Å². The zero-order valence-electron chi connectivity index (χ0n) is 15.3. The molecule has 1 amide bonds. The quantitative estimate of drug-likeness (QED) is 0.616. The first-order valence-electron chi connectivity index (χ1n) is 8.55. The van der Waals surface area contributed by atoms with Crippen LogP contribution < -0.4 is 10.1 Å². The number of nitrogens with zero attached hydrogens (tertiary/aromatic N) is 2. The molecule has 0 aliphatic heterocycles. The van der Waals surface area contributed by atoms with Crippen molar-refractivity contribution in [3.8, 4) is 17.1 Å². The van der Waals surface area contributed by atoms with Gasteiger partial charge in [-0.3, -0.25) is 4.79 Å². The maximum Gasteiger partial charge on any atom is 0.252 e. The second-order valence-electron chi connectivity index (χ2n) is 5.85. The number of carbonyl (C=O) groups excluding carboxylic acids is 1. The van der Waals surface area contributed by atoms with E-state index in [1.807, 2.05) is 37.3 Å². The number of methoxy groups -OCH3 is 1. The van der Waals surface area contributed by atoms with Crippen LogP contribution >= 0.6 is 0 Å². The SMILES string of the molecule is COCCNC(=O)c1ccc(OCc2c(-c3ccccc3)noc2C)nc1. The Hall–Kier alpha value is -3.19. The molecule has 3 rings (SSSR count). The van der Waals surface area contributed by atoms with Crippen LogP contribution in [0.2, 0.25) is 0 Å². The molecule has 7 nitrogen and oxygen atoms in total. The highest BCUT2D eigenvalue weighted by Gasteiger charge is 2.15. The zero-order chi connectivity index (χ0) is 19.1. The Morgan fingerprint density at radius 1 is 1.19 bits per heavy atom. The van der Waals surface area contributed by atoms with E-state index < -0.39 is 0 Å². The van der Waals surface area contributed by atoms with Gasteiger partial charge in [0.15, 0.2) is 0 Å². The average molecular weight is 367 g/mol. The number of ether oxygens (including phenoxy) is 2. The Morgan fingerprint density at radius 2 is 2.00 bits per heavy atom. The fourth-order valence-corrected chi connectivity index (χ4v) is 2.50. The van der Waals surface area contributed by atoms with Crippen molar-refractivity contribution >= 4 is 5.91 Å². The van der Waals surface area contributed by atoms with Gasteiger partial charge in [0.1, 0.15) is 18.1 Å². The molecule has 2 aromatic heterocycles. The highest BCUT2D eigenvalue weighted by molar-refractivity contribution is 5.93. The highest BCUT2D eigenvalue weighted by Crippen LogP contribution is 2.26. The Labute approximate surface area is 157 Å². The highest BCUT2D eigenvalue weighted by atomic mass is 16.5. The van der Waals surface area contributed by atoms with Gasteiger partial charge in [-0.25, -0.2) is 4.98 Å². The van der Waals surface area contributed by atoms with Gasteiger partial charge >= 0.3 is 0 Å². The molecular weight excluding hydrogens is 346 g/mol. The number of amides is 1. The summed E-state index contributed by atoms with van der Waals surface area (Å²) in [7, 11) is 1.58. The minimum absolute atomic E-state index is 0.202. The molecule has 0 radical (unpaired) electrons. The molecule has 0 atom stereocenters. The number of rotatable bonds is 8. The van der Waals surface area contributed by atoms with Crippen molar-refractivity contribution in [2.75, 3.05) is 20.3 Å². The van der Waals surface area contributed by atoms with Crippen LogP contribution in [-0.4, -0.2) is 36.3 Å². The first-order chi connectivity index (χ1) is 13.2. The van der Waals surface area contributed by atoms with Crippen molar-refractivity contribution in [1.29, 1.82) is 0 Å². The largest absolute Gasteiger partial charge is 0.473 e. The van der Waals surface area contributed by atoms with Crippen molar-refractivity contribution in [3.63, 3.8) is 0 Å².